The molecule has 4 unspecified atom stereocenters. The summed E-state index contributed by atoms with van der Waals surface area (Å²) in [5, 5.41) is 3.53. The van der Waals surface area contributed by atoms with Crippen molar-refractivity contribution in [2.45, 2.75) is 25.8 Å². The highest BCUT2D eigenvalue weighted by Crippen LogP contribution is 2.45. The lowest BCUT2D eigenvalue weighted by atomic mass is 9.87. The number of hydrogen-bond acceptors (Lipinski definition) is 3. The minimum atomic E-state index is -3.23. The van der Waals surface area contributed by atoms with E-state index in [1.54, 1.807) is 6.07 Å². The number of nitrogens with one attached hydrogen (secondary N) is 2. The Balaban J connectivity index is 1.67. The lowest BCUT2D eigenvalue weighted by molar-refractivity contribution is 0.400. The zero-order valence-corrected chi connectivity index (χ0v) is 13.2. The lowest BCUT2D eigenvalue weighted by Crippen LogP contribution is -2.28. The number of sulfonamides is 1. The van der Waals surface area contributed by atoms with Gasteiger partial charge in [0.2, 0.25) is 10.0 Å². The van der Waals surface area contributed by atoms with E-state index in [1.165, 1.54) is 12.8 Å². The van der Waals surface area contributed by atoms with Crippen LogP contribution < -0.4 is 10.0 Å². The summed E-state index contributed by atoms with van der Waals surface area (Å²) in [5.41, 5.74) is 1.56. The molecule has 21 heavy (non-hydrogen) atoms. The highest BCUT2D eigenvalue weighted by atomic mass is 32.2. The molecule has 1 fully saturated rings. The number of hydrogen-bond donors (Lipinski definition) is 2. The van der Waals surface area contributed by atoms with Crippen molar-refractivity contribution < 1.29 is 8.42 Å². The minimum absolute atomic E-state index is 0.387. The molecule has 0 spiro atoms. The molecule has 2 aliphatic rings. The summed E-state index contributed by atoms with van der Waals surface area (Å²) in [6, 6.07) is 7.84. The molecule has 5 heteroatoms. The Morgan fingerprint density at radius 1 is 1.19 bits per heavy atom. The highest BCUT2D eigenvalue weighted by Gasteiger charge is 2.38. The maximum atomic E-state index is 11.3. The maximum absolute atomic E-state index is 11.3. The van der Waals surface area contributed by atoms with Gasteiger partial charge in [-0.1, -0.05) is 18.2 Å². The Labute approximate surface area is 126 Å². The van der Waals surface area contributed by atoms with Gasteiger partial charge >= 0.3 is 0 Å². The third-order valence-electron chi connectivity index (χ3n) is 4.53. The maximum Gasteiger partial charge on any atom is 0.229 e. The van der Waals surface area contributed by atoms with Crippen LogP contribution >= 0.6 is 0 Å². The number of fused-ring (bicyclic) bond motifs is 2. The normalized spacial score (nSPS) is 28.6. The first-order valence-corrected chi connectivity index (χ1v) is 9.32. The standard InChI is InChI=1S/C16H22N2O2S/c1-11(16-9-12-6-7-13(16)8-12)17-14-4-3-5-15(10-14)18-21(2,19)20/h3-7,10-13,16-18H,8-9H2,1-2H3. The van der Waals surface area contributed by atoms with Crippen LogP contribution in [-0.2, 0) is 10.0 Å². The van der Waals surface area contributed by atoms with E-state index in [9.17, 15) is 8.42 Å². The average molecular weight is 306 g/mol. The lowest BCUT2D eigenvalue weighted by Gasteiger charge is -2.27. The summed E-state index contributed by atoms with van der Waals surface area (Å²) in [6.07, 6.45) is 8.43. The topological polar surface area (TPSA) is 58.2 Å². The second kappa shape index (κ2) is 5.37. The van der Waals surface area contributed by atoms with E-state index < -0.39 is 10.0 Å². The van der Waals surface area contributed by atoms with Crippen LogP contribution in [0.1, 0.15) is 19.8 Å². The van der Waals surface area contributed by atoms with Gasteiger partial charge in [0, 0.05) is 11.7 Å². The predicted octanol–water partition coefficient (Wildman–Crippen LogP) is 3.07. The summed E-state index contributed by atoms with van der Waals surface area (Å²) in [5.74, 6) is 2.14. The van der Waals surface area contributed by atoms with Crippen molar-refractivity contribution in [2.75, 3.05) is 16.3 Å². The molecule has 1 saturated carbocycles. The zero-order chi connectivity index (χ0) is 15.0. The number of rotatable bonds is 5. The van der Waals surface area contributed by atoms with Gasteiger partial charge in [0.05, 0.1) is 11.9 Å². The van der Waals surface area contributed by atoms with E-state index in [4.69, 9.17) is 0 Å². The average Bonchev–Trinajstić information content (AvgIpc) is 2.99. The first kappa shape index (κ1) is 14.4. The molecule has 0 amide bonds. The number of allylic oxidation sites excluding steroid dienone is 2. The van der Waals surface area contributed by atoms with Crippen molar-refractivity contribution in [1.82, 2.24) is 0 Å². The molecule has 2 bridgehead atoms. The Hall–Kier alpha value is -1.49. The summed E-state index contributed by atoms with van der Waals surface area (Å²) in [7, 11) is -3.23. The molecule has 2 aliphatic carbocycles. The molecule has 0 saturated heterocycles. The predicted molar refractivity (Wildman–Crippen MR) is 86.8 cm³/mol. The van der Waals surface area contributed by atoms with Crippen molar-refractivity contribution in [3.8, 4) is 0 Å². The van der Waals surface area contributed by atoms with Crippen LogP contribution in [0.5, 0.6) is 0 Å². The number of anilines is 2. The van der Waals surface area contributed by atoms with Crippen molar-refractivity contribution in [3.05, 3.63) is 36.4 Å². The summed E-state index contributed by atoms with van der Waals surface area (Å²) < 4.78 is 25.1. The Bertz CT molecular complexity index is 654. The highest BCUT2D eigenvalue weighted by molar-refractivity contribution is 7.92. The molecule has 0 heterocycles. The smallest absolute Gasteiger partial charge is 0.229 e. The van der Waals surface area contributed by atoms with Crippen LogP contribution in [0.3, 0.4) is 0 Å². The van der Waals surface area contributed by atoms with Crippen molar-refractivity contribution in [1.29, 1.82) is 0 Å². The Morgan fingerprint density at radius 2 is 1.95 bits per heavy atom. The van der Waals surface area contributed by atoms with Gasteiger partial charge in [0.25, 0.3) is 0 Å². The fourth-order valence-corrected chi connectivity index (χ4v) is 4.21. The van der Waals surface area contributed by atoms with Crippen LogP contribution in [0.25, 0.3) is 0 Å². The zero-order valence-electron chi connectivity index (χ0n) is 12.4. The summed E-state index contributed by atoms with van der Waals surface area (Å²) in [4.78, 5) is 0. The van der Waals surface area contributed by atoms with E-state index in [1.807, 2.05) is 18.2 Å². The van der Waals surface area contributed by atoms with E-state index in [0.717, 1.165) is 17.9 Å². The molecule has 1 aromatic rings. The molecule has 4 atom stereocenters. The largest absolute Gasteiger partial charge is 0.382 e. The summed E-state index contributed by atoms with van der Waals surface area (Å²) in [6.45, 7) is 2.22. The van der Waals surface area contributed by atoms with Gasteiger partial charge < -0.3 is 5.32 Å². The molecule has 114 valence electrons. The quantitative estimate of drug-likeness (QED) is 0.822. The fourth-order valence-electron chi connectivity index (χ4n) is 3.65. The molecule has 4 nitrogen and oxygen atoms in total. The second-order valence-corrected chi connectivity index (χ2v) is 8.08. The molecule has 0 aliphatic heterocycles. The van der Waals surface area contributed by atoms with Crippen LogP contribution in [0.4, 0.5) is 11.4 Å². The van der Waals surface area contributed by atoms with E-state index in [-0.39, 0.29) is 0 Å². The molecule has 2 N–H and O–H groups in total. The molecule has 0 aromatic heterocycles. The Kier molecular flexibility index (Phi) is 3.69. The Morgan fingerprint density at radius 3 is 2.57 bits per heavy atom. The van der Waals surface area contributed by atoms with Gasteiger partial charge in [-0.25, -0.2) is 8.42 Å². The van der Waals surface area contributed by atoms with Gasteiger partial charge in [-0.3, -0.25) is 4.72 Å². The van der Waals surface area contributed by atoms with Crippen molar-refractivity contribution >= 4 is 21.4 Å². The monoisotopic (exact) mass is 306 g/mol. The SMILES string of the molecule is CC(Nc1cccc(NS(C)(=O)=O)c1)C1CC2C=CC1C2. The molecule has 0 radical (unpaired) electrons. The van der Waals surface area contributed by atoms with Gasteiger partial charge in [-0.2, -0.15) is 0 Å². The fraction of sp³-hybridized carbons (Fsp3) is 0.500. The van der Waals surface area contributed by atoms with E-state index >= 15 is 0 Å². The summed E-state index contributed by atoms with van der Waals surface area (Å²) >= 11 is 0. The van der Waals surface area contributed by atoms with Crippen molar-refractivity contribution in [2.24, 2.45) is 17.8 Å². The van der Waals surface area contributed by atoms with Crippen LogP contribution in [0.15, 0.2) is 36.4 Å². The third kappa shape index (κ3) is 3.40. The van der Waals surface area contributed by atoms with Gasteiger partial charge in [-0.15, -0.1) is 0 Å². The molecule has 1 aromatic carbocycles. The van der Waals surface area contributed by atoms with Gasteiger partial charge in [0.1, 0.15) is 0 Å². The van der Waals surface area contributed by atoms with E-state index in [0.29, 0.717) is 23.6 Å². The van der Waals surface area contributed by atoms with Gasteiger partial charge in [0.15, 0.2) is 0 Å². The minimum Gasteiger partial charge on any atom is -0.382 e. The van der Waals surface area contributed by atoms with Crippen molar-refractivity contribution in [3.63, 3.8) is 0 Å². The molecular formula is C16H22N2O2S. The molecular weight excluding hydrogens is 284 g/mol. The van der Waals surface area contributed by atoms with Crippen LogP contribution in [0, 0.1) is 17.8 Å². The van der Waals surface area contributed by atoms with Crippen LogP contribution in [-0.4, -0.2) is 20.7 Å². The molecule has 3 rings (SSSR count). The number of benzene rings is 1. The van der Waals surface area contributed by atoms with E-state index in [2.05, 4.69) is 29.1 Å². The third-order valence-corrected chi connectivity index (χ3v) is 5.14. The van der Waals surface area contributed by atoms with Gasteiger partial charge in [-0.05, 0) is 55.7 Å². The first-order chi connectivity index (χ1) is 9.90. The van der Waals surface area contributed by atoms with Crippen LogP contribution in [0.2, 0.25) is 0 Å². The first-order valence-electron chi connectivity index (χ1n) is 7.43. The second-order valence-electron chi connectivity index (χ2n) is 6.33.